The summed E-state index contributed by atoms with van der Waals surface area (Å²) in [5, 5.41) is 2.98. The van der Waals surface area contributed by atoms with E-state index >= 15 is 0 Å². The third kappa shape index (κ3) is 5.02. The zero-order chi connectivity index (χ0) is 23.9. The first-order chi connectivity index (χ1) is 16.6. The molecule has 0 atom stereocenters. The summed E-state index contributed by atoms with van der Waals surface area (Å²) in [6.07, 6.45) is 1.88. The van der Waals surface area contributed by atoms with Gasteiger partial charge in [0.2, 0.25) is 0 Å². The molecular weight excluding hydrogens is 428 g/mol. The Labute approximate surface area is 198 Å². The van der Waals surface area contributed by atoms with E-state index in [1.54, 1.807) is 38.3 Å². The van der Waals surface area contributed by atoms with Crippen LogP contribution in [0.25, 0.3) is 11.1 Å². The molecule has 0 radical (unpaired) electrons. The fraction of sp³-hybridized carbons (Fsp3) is 0.143. The second kappa shape index (κ2) is 10.5. The largest absolute Gasteiger partial charge is 0.497 e. The Morgan fingerprint density at radius 1 is 0.882 bits per heavy atom. The van der Waals surface area contributed by atoms with Crippen LogP contribution in [-0.2, 0) is 11.3 Å². The van der Waals surface area contributed by atoms with E-state index in [0.717, 1.165) is 11.1 Å². The Hall–Kier alpha value is -4.32. The van der Waals surface area contributed by atoms with Gasteiger partial charge in [-0.25, -0.2) is 4.79 Å². The van der Waals surface area contributed by atoms with Gasteiger partial charge in [-0.05, 0) is 42.3 Å². The molecule has 0 saturated heterocycles. The van der Waals surface area contributed by atoms with Crippen LogP contribution in [0.5, 0.6) is 5.75 Å². The molecule has 0 bridgehead atoms. The number of carbonyl (C=O) groups excluding carboxylic acids is 2. The van der Waals surface area contributed by atoms with Gasteiger partial charge in [-0.2, -0.15) is 0 Å². The highest BCUT2D eigenvalue weighted by molar-refractivity contribution is 6.10. The Balaban J connectivity index is 1.85. The summed E-state index contributed by atoms with van der Waals surface area (Å²) in [6, 6.07) is 26.2. The number of hydrogen-bond acceptors (Lipinski definition) is 4. The summed E-state index contributed by atoms with van der Waals surface area (Å²) in [5.74, 6) is -0.0899. The molecule has 3 aromatic carbocycles. The van der Waals surface area contributed by atoms with E-state index < -0.39 is 5.97 Å². The molecule has 0 unspecified atom stereocenters. The standard InChI is InChI=1S/C28H26N2O4/c1-3-34-28(32)26-25(29-27(31)22-12-8-5-9-13-22)24(21-14-16-23(33-2)17-15-21)19-30(26)18-20-10-6-4-7-11-20/h4-17,19H,3,18H2,1-2H3,(H,29,31). The van der Waals surface area contributed by atoms with Crippen molar-refractivity contribution < 1.29 is 19.1 Å². The Morgan fingerprint density at radius 2 is 1.53 bits per heavy atom. The maximum atomic E-state index is 13.1. The Morgan fingerprint density at radius 3 is 2.15 bits per heavy atom. The fourth-order valence-corrected chi connectivity index (χ4v) is 3.77. The molecule has 1 heterocycles. The van der Waals surface area contributed by atoms with Crippen LogP contribution in [0.3, 0.4) is 0 Å². The third-order valence-corrected chi connectivity index (χ3v) is 5.42. The van der Waals surface area contributed by atoms with Crippen LogP contribution in [0.15, 0.2) is 91.1 Å². The van der Waals surface area contributed by atoms with Crippen molar-refractivity contribution in [2.45, 2.75) is 13.5 Å². The fourth-order valence-electron chi connectivity index (χ4n) is 3.77. The van der Waals surface area contributed by atoms with Crippen molar-refractivity contribution >= 4 is 17.6 Å². The first-order valence-corrected chi connectivity index (χ1v) is 11.1. The van der Waals surface area contributed by atoms with Crippen molar-refractivity contribution in [1.82, 2.24) is 4.57 Å². The minimum Gasteiger partial charge on any atom is -0.497 e. The zero-order valence-electron chi connectivity index (χ0n) is 19.2. The molecule has 172 valence electrons. The molecule has 4 aromatic rings. The van der Waals surface area contributed by atoms with Crippen molar-refractivity contribution in [2.24, 2.45) is 0 Å². The summed E-state index contributed by atoms with van der Waals surface area (Å²) in [6.45, 7) is 2.42. The molecule has 34 heavy (non-hydrogen) atoms. The number of anilines is 1. The Kier molecular flexibility index (Phi) is 7.08. The van der Waals surface area contributed by atoms with Gasteiger partial charge in [0.1, 0.15) is 5.75 Å². The van der Waals surface area contributed by atoms with Gasteiger partial charge in [0, 0.05) is 23.9 Å². The number of benzene rings is 3. The van der Waals surface area contributed by atoms with Gasteiger partial charge in [0.05, 0.1) is 19.4 Å². The van der Waals surface area contributed by atoms with Crippen LogP contribution >= 0.6 is 0 Å². The van der Waals surface area contributed by atoms with Crippen molar-refractivity contribution in [3.8, 4) is 16.9 Å². The third-order valence-electron chi connectivity index (χ3n) is 5.42. The minimum atomic E-state index is -0.499. The summed E-state index contributed by atoms with van der Waals surface area (Å²) in [7, 11) is 1.61. The first-order valence-electron chi connectivity index (χ1n) is 11.1. The highest BCUT2D eigenvalue weighted by Crippen LogP contribution is 2.35. The number of amides is 1. The summed E-state index contributed by atoms with van der Waals surface area (Å²) >= 11 is 0. The molecule has 0 aliphatic rings. The van der Waals surface area contributed by atoms with Crippen LogP contribution in [0.1, 0.15) is 33.3 Å². The maximum absolute atomic E-state index is 13.1. The molecule has 6 nitrogen and oxygen atoms in total. The van der Waals surface area contributed by atoms with Crippen molar-refractivity contribution in [3.05, 3.63) is 108 Å². The van der Waals surface area contributed by atoms with Gasteiger partial charge in [-0.1, -0.05) is 60.7 Å². The molecule has 1 amide bonds. The van der Waals surface area contributed by atoms with Crippen molar-refractivity contribution in [3.63, 3.8) is 0 Å². The lowest BCUT2D eigenvalue weighted by molar-refractivity contribution is 0.0515. The summed E-state index contributed by atoms with van der Waals surface area (Å²) in [5.41, 5.74) is 3.76. The predicted octanol–water partition coefficient (Wildman–Crippen LogP) is 5.64. The molecular formula is C28H26N2O4. The molecule has 0 spiro atoms. The maximum Gasteiger partial charge on any atom is 0.357 e. The van der Waals surface area contributed by atoms with Gasteiger partial charge in [0.15, 0.2) is 5.69 Å². The van der Waals surface area contributed by atoms with E-state index in [0.29, 0.717) is 34.8 Å². The first kappa shape index (κ1) is 22.9. The average molecular weight is 455 g/mol. The number of rotatable bonds is 8. The van der Waals surface area contributed by atoms with Gasteiger partial charge in [0.25, 0.3) is 5.91 Å². The molecule has 0 fully saturated rings. The zero-order valence-corrected chi connectivity index (χ0v) is 19.2. The second-order valence-electron chi connectivity index (χ2n) is 7.65. The number of aromatic nitrogens is 1. The van der Waals surface area contributed by atoms with E-state index in [1.807, 2.05) is 71.4 Å². The Bertz CT molecular complexity index is 1260. The van der Waals surface area contributed by atoms with Crippen LogP contribution in [0.2, 0.25) is 0 Å². The molecule has 0 aliphatic carbocycles. The van der Waals surface area contributed by atoms with Crippen LogP contribution in [0.4, 0.5) is 5.69 Å². The van der Waals surface area contributed by atoms with E-state index in [1.165, 1.54) is 0 Å². The topological polar surface area (TPSA) is 69.6 Å². The summed E-state index contributed by atoms with van der Waals surface area (Å²) < 4.78 is 12.5. The van der Waals surface area contributed by atoms with E-state index in [2.05, 4.69) is 5.32 Å². The molecule has 0 saturated carbocycles. The lowest BCUT2D eigenvalue weighted by atomic mass is 10.1. The number of carbonyl (C=O) groups is 2. The SMILES string of the molecule is CCOC(=O)c1c(NC(=O)c2ccccc2)c(-c2ccc(OC)cc2)cn1Cc1ccccc1. The number of nitrogens with one attached hydrogen (secondary N) is 1. The number of methoxy groups -OCH3 is 1. The highest BCUT2D eigenvalue weighted by Gasteiger charge is 2.26. The van der Waals surface area contributed by atoms with E-state index in [-0.39, 0.29) is 12.5 Å². The summed E-state index contributed by atoms with van der Waals surface area (Å²) in [4.78, 5) is 26.2. The van der Waals surface area contributed by atoms with Crippen LogP contribution in [-0.4, -0.2) is 30.2 Å². The van der Waals surface area contributed by atoms with Crippen LogP contribution < -0.4 is 10.1 Å². The molecule has 4 rings (SSSR count). The number of esters is 1. The molecule has 0 aliphatic heterocycles. The average Bonchev–Trinajstić information content (AvgIpc) is 3.22. The number of hydrogen-bond donors (Lipinski definition) is 1. The number of ether oxygens (including phenoxy) is 2. The highest BCUT2D eigenvalue weighted by atomic mass is 16.5. The van der Waals surface area contributed by atoms with Gasteiger partial charge in [-0.3, -0.25) is 4.79 Å². The normalized spacial score (nSPS) is 10.5. The lowest BCUT2D eigenvalue weighted by Gasteiger charge is -2.12. The minimum absolute atomic E-state index is 0.222. The van der Waals surface area contributed by atoms with Gasteiger partial charge >= 0.3 is 5.97 Å². The van der Waals surface area contributed by atoms with Crippen LogP contribution in [0, 0.1) is 0 Å². The smallest absolute Gasteiger partial charge is 0.357 e. The quantitative estimate of drug-likeness (QED) is 0.350. The van der Waals surface area contributed by atoms with Crippen molar-refractivity contribution in [2.75, 3.05) is 19.0 Å². The second-order valence-corrected chi connectivity index (χ2v) is 7.65. The number of nitrogens with zero attached hydrogens (tertiary/aromatic N) is 1. The van der Waals surface area contributed by atoms with Crippen molar-refractivity contribution in [1.29, 1.82) is 0 Å². The monoisotopic (exact) mass is 454 g/mol. The molecule has 1 aromatic heterocycles. The van der Waals surface area contributed by atoms with Gasteiger partial charge < -0.3 is 19.4 Å². The molecule has 6 heteroatoms. The van der Waals surface area contributed by atoms with Gasteiger partial charge in [-0.15, -0.1) is 0 Å². The molecule has 1 N–H and O–H groups in total. The predicted molar refractivity (Wildman–Crippen MR) is 132 cm³/mol. The van der Waals surface area contributed by atoms with E-state index in [9.17, 15) is 9.59 Å². The van der Waals surface area contributed by atoms with E-state index in [4.69, 9.17) is 9.47 Å². The lowest BCUT2D eigenvalue weighted by Crippen LogP contribution is -2.18.